The molecular weight excluding hydrogens is 399 g/mol. The zero-order valence-corrected chi connectivity index (χ0v) is 14.7. The number of nitrogens with zero attached hydrogens (tertiary/aromatic N) is 2. The molecule has 108 valence electrons. The minimum absolute atomic E-state index is 0.508. The molecule has 0 unspecified atom stereocenters. The number of para-hydroxylation sites is 1. The minimum atomic E-state index is 0.508. The molecule has 0 fully saturated rings. The van der Waals surface area contributed by atoms with E-state index in [4.69, 9.17) is 21.0 Å². The zero-order chi connectivity index (χ0) is 15.0. The lowest BCUT2D eigenvalue weighted by molar-refractivity contribution is 0.579. The first-order valence-electron chi connectivity index (χ1n) is 6.82. The van der Waals surface area contributed by atoms with Gasteiger partial charge >= 0.3 is 0 Å². The first kappa shape index (κ1) is 14.8. The van der Waals surface area contributed by atoms with Crippen LogP contribution in [0.25, 0.3) is 22.4 Å². The number of aryl methyl sites for hydroxylation is 2. The highest BCUT2D eigenvalue weighted by molar-refractivity contribution is 14.1. The van der Waals surface area contributed by atoms with Crippen molar-refractivity contribution < 1.29 is 4.42 Å². The molecule has 1 aromatic carbocycles. The second-order valence-electron chi connectivity index (χ2n) is 4.88. The summed E-state index contributed by atoms with van der Waals surface area (Å²) in [6.45, 7) is 4.06. The fraction of sp³-hybridized carbons (Fsp3) is 0.250. The Labute approximate surface area is 141 Å². The third-order valence-electron chi connectivity index (χ3n) is 3.36. The molecule has 0 saturated carbocycles. The Morgan fingerprint density at radius 1 is 1.24 bits per heavy atom. The molecule has 3 nitrogen and oxygen atoms in total. The van der Waals surface area contributed by atoms with E-state index < -0.39 is 0 Å². The van der Waals surface area contributed by atoms with Gasteiger partial charge in [0.05, 0.1) is 14.8 Å². The summed E-state index contributed by atoms with van der Waals surface area (Å²) in [5.41, 5.74) is 2.78. The van der Waals surface area contributed by atoms with Crippen molar-refractivity contribution in [1.82, 2.24) is 9.97 Å². The summed E-state index contributed by atoms with van der Waals surface area (Å²) in [5, 5.41) is 1.53. The van der Waals surface area contributed by atoms with E-state index in [2.05, 4.69) is 34.5 Å². The maximum absolute atomic E-state index is 6.29. The lowest BCUT2D eigenvalue weighted by Gasteiger charge is -2.07. The Kier molecular flexibility index (Phi) is 4.17. The van der Waals surface area contributed by atoms with E-state index in [0.717, 1.165) is 44.4 Å². The normalized spacial score (nSPS) is 11.2. The standard InChI is InChI=1S/C16H14ClIN2O/c1-3-6-11-14(18)15(17)20-16(19-11)13-9(2)21-12-8-5-4-7-10(12)13/h4-5,7-8H,3,6H2,1-2H3. The van der Waals surface area contributed by atoms with Crippen molar-refractivity contribution in [1.29, 1.82) is 0 Å². The van der Waals surface area contributed by atoms with Crippen LogP contribution in [0.3, 0.4) is 0 Å². The van der Waals surface area contributed by atoms with Crippen LogP contribution in [0.15, 0.2) is 28.7 Å². The highest BCUT2D eigenvalue weighted by Gasteiger charge is 2.18. The van der Waals surface area contributed by atoms with Crippen LogP contribution in [0.5, 0.6) is 0 Å². The summed E-state index contributed by atoms with van der Waals surface area (Å²) in [7, 11) is 0. The second-order valence-corrected chi connectivity index (χ2v) is 6.31. The molecule has 0 spiro atoms. The fourth-order valence-electron chi connectivity index (χ4n) is 2.42. The van der Waals surface area contributed by atoms with Gasteiger partial charge in [0.2, 0.25) is 0 Å². The van der Waals surface area contributed by atoms with E-state index in [1.54, 1.807) is 0 Å². The van der Waals surface area contributed by atoms with E-state index in [9.17, 15) is 0 Å². The lowest BCUT2D eigenvalue weighted by Crippen LogP contribution is -2.01. The Balaban J connectivity index is 2.25. The van der Waals surface area contributed by atoms with E-state index >= 15 is 0 Å². The van der Waals surface area contributed by atoms with E-state index in [-0.39, 0.29) is 0 Å². The third-order valence-corrected chi connectivity index (χ3v) is 5.09. The number of fused-ring (bicyclic) bond motifs is 1. The van der Waals surface area contributed by atoms with Gasteiger partial charge in [0.1, 0.15) is 16.5 Å². The SMILES string of the molecule is CCCc1nc(-c2c(C)oc3ccccc23)nc(Cl)c1I. The average Bonchev–Trinajstić information content (AvgIpc) is 2.79. The van der Waals surface area contributed by atoms with Crippen LogP contribution in [0.2, 0.25) is 5.15 Å². The maximum Gasteiger partial charge on any atom is 0.165 e. The van der Waals surface area contributed by atoms with Crippen LogP contribution >= 0.6 is 34.2 Å². The van der Waals surface area contributed by atoms with Crippen molar-refractivity contribution in [2.75, 3.05) is 0 Å². The molecule has 0 aliphatic carbocycles. The van der Waals surface area contributed by atoms with Gasteiger partial charge in [0.15, 0.2) is 5.82 Å². The van der Waals surface area contributed by atoms with Crippen molar-refractivity contribution in [3.05, 3.63) is 44.4 Å². The molecular formula is C16H14ClIN2O. The highest BCUT2D eigenvalue weighted by atomic mass is 127. The molecule has 0 bridgehead atoms. The molecule has 3 aromatic rings. The number of hydrogen-bond acceptors (Lipinski definition) is 3. The summed E-state index contributed by atoms with van der Waals surface area (Å²) in [6.07, 6.45) is 1.91. The van der Waals surface area contributed by atoms with Crippen LogP contribution in [0.1, 0.15) is 24.8 Å². The Bertz CT molecular complexity index is 813. The van der Waals surface area contributed by atoms with Crippen molar-refractivity contribution in [2.24, 2.45) is 0 Å². The molecule has 2 aromatic heterocycles. The van der Waals surface area contributed by atoms with Crippen molar-refractivity contribution in [3.63, 3.8) is 0 Å². The number of rotatable bonds is 3. The summed E-state index contributed by atoms with van der Waals surface area (Å²) in [6, 6.07) is 7.92. The van der Waals surface area contributed by atoms with Crippen molar-refractivity contribution in [3.8, 4) is 11.4 Å². The molecule has 5 heteroatoms. The van der Waals surface area contributed by atoms with Gasteiger partial charge in [-0.05, 0) is 42.0 Å². The summed E-state index contributed by atoms with van der Waals surface area (Å²) < 4.78 is 6.73. The summed E-state index contributed by atoms with van der Waals surface area (Å²) >= 11 is 8.50. The molecule has 0 radical (unpaired) electrons. The first-order valence-corrected chi connectivity index (χ1v) is 8.28. The largest absolute Gasteiger partial charge is 0.461 e. The molecule has 0 aliphatic heterocycles. The van der Waals surface area contributed by atoms with E-state index in [1.165, 1.54) is 0 Å². The molecule has 0 aliphatic rings. The zero-order valence-electron chi connectivity index (χ0n) is 11.8. The second kappa shape index (κ2) is 5.93. The molecule has 0 N–H and O–H groups in total. The highest BCUT2D eigenvalue weighted by Crippen LogP contribution is 2.34. The van der Waals surface area contributed by atoms with Crippen LogP contribution in [0.4, 0.5) is 0 Å². The number of hydrogen-bond donors (Lipinski definition) is 0. The molecule has 3 rings (SSSR count). The van der Waals surface area contributed by atoms with E-state index in [0.29, 0.717) is 11.0 Å². The third kappa shape index (κ3) is 2.66. The van der Waals surface area contributed by atoms with Gasteiger partial charge in [-0.25, -0.2) is 9.97 Å². The Hall–Kier alpha value is -1.14. The van der Waals surface area contributed by atoms with Gasteiger partial charge in [0.25, 0.3) is 0 Å². The van der Waals surface area contributed by atoms with Gasteiger partial charge in [-0.1, -0.05) is 43.1 Å². The van der Waals surface area contributed by atoms with Crippen molar-refractivity contribution in [2.45, 2.75) is 26.7 Å². The molecule has 21 heavy (non-hydrogen) atoms. The van der Waals surface area contributed by atoms with Crippen LogP contribution in [0, 0.1) is 10.5 Å². The minimum Gasteiger partial charge on any atom is -0.461 e. The van der Waals surface area contributed by atoms with Crippen LogP contribution in [-0.4, -0.2) is 9.97 Å². The first-order chi connectivity index (χ1) is 10.1. The van der Waals surface area contributed by atoms with Gasteiger partial charge in [-0.3, -0.25) is 0 Å². The molecule has 2 heterocycles. The number of furan rings is 1. The van der Waals surface area contributed by atoms with Crippen molar-refractivity contribution >= 4 is 45.2 Å². The molecule has 0 amide bonds. The number of aromatic nitrogens is 2. The smallest absolute Gasteiger partial charge is 0.165 e. The van der Waals surface area contributed by atoms with Gasteiger partial charge in [-0.15, -0.1) is 0 Å². The lowest BCUT2D eigenvalue weighted by atomic mass is 10.1. The Morgan fingerprint density at radius 2 is 2.00 bits per heavy atom. The van der Waals surface area contributed by atoms with Crippen LogP contribution in [-0.2, 0) is 6.42 Å². The molecule has 0 atom stereocenters. The van der Waals surface area contributed by atoms with E-state index in [1.807, 2.05) is 31.2 Å². The average molecular weight is 413 g/mol. The Morgan fingerprint density at radius 3 is 2.76 bits per heavy atom. The molecule has 0 saturated heterocycles. The van der Waals surface area contributed by atoms with Crippen LogP contribution < -0.4 is 0 Å². The predicted molar refractivity (Wildman–Crippen MR) is 93.7 cm³/mol. The summed E-state index contributed by atoms with van der Waals surface area (Å²) in [4.78, 5) is 9.17. The number of halogens is 2. The fourth-order valence-corrected chi connectivity index (χ4v) is 3.12. The number of benzene rings is 1. The van der Waals surface area contributed by atoms with Gasteiger partial charge < -0.3 is 4.42 Å². The topological polar surface area (TPSA) is 38.9 Å². The van der Waals surface area contributed by atoms with Gasteiger partial charge in [-0.2, -0.15) is 0 Å². The monoisotopic (exact) mass is 412 g/mol. The van der Waals surface area contributed by atoms with Gasteiger partial charge in [0, 0.05) is 5.39 Å². The maximum atomic E-state index is 6.29. The predicted octanol–water partition coefficient (Wildman–Crippen LogP) is 5.41. The quantitative estimate of drug-likeness (QED) is 0.426. The summed E-state index contributed by atoms with van der Waals surface area (Å²) in [5.74, 6) is 1.46.